The fourth-order valence-electron chi connectivity index (χ4n) is 2.93. The topological polar surface area (TPSA) is 60.0 Å². The molecule has 0 aliphatic carbocycles. The third kappa shape index (κ3) is 8.39. The minimum absolute atomic E-state index is 0.186. The Bertz CT molecular complexity index is 853. The predicted octanol–water partition coefficient (Wildman–Crippen LogP) is 4.75. The molecule has 32 heavy (non-hydrogen) atoms. The molecule has 0 bridgehead atoms. The molecule has 0 atom stereocenters. The number of hydrogen-bond donors (Lipinski definition) is 1. The number of amides is 1. The molecule has 9 heteroatoms. The predicted molar refractivity (Wildman–Crippen MR) is 116 cm³/mol. The summed E-state index contributed by atoms with van der Waals surface area (Å²) in [4.78, 5) is 14.8. The largest absolute Gasteiger partial charge is 0.493 e. The fourth-order valence-corrected chi connectivity index (χ4v) is 2.93. The van der Waals surface area contributed by atoms with Crippen LogP contribution in [0.25, 0.3) is 0 Å². The average molecular weight is 454 g/mol. The van der Waals surface area contributed by atoms with Gasteiger partial charge in [-0.1, -0.05) is 26.0 Å². The van der Waals surface area contributed by atoms with Gasteiger partial charge in [0.1, 0.15) is 13.2 Å². The SMILES string of the molecule is CCN(CC)CCOc1cc(NC(=O)c2ccc(COCC(F)(F)F)cc2)ccc1OC. The molecule has 0 aromatic heterocycles. The molecule has 0 spiro atoms. The maximum Gasteiger partial charge on any atom is 0.411 e. The molecule has 0 saturated carbocycles. The quantitative estimate of drug-likeness (QED) is 0.502. The van der Waals surface area contributed by atoms with E-state index < -0.39 is 12.8 Å². The average Bonchev–Trinajstić information content (AvgIpc) is 2.76. The molecule has 0 radical (unpaired) electrons. The number of ether oxygens (including phenoxy) is 3. The van der Waals surface area contributed by atoms with Crippen LogP contribution in [-0.2, 0) is 11.3 Å². The number of benzene rings is 2. The second kappa shape index (κ2) is 12.3. The van der Waals surface area contributed by atoms with E-state index in [1.807, 2.05) is 0 Å². The van der Waals surface area contributed by atoms with Crippen molar-refractivity contribution in [2.75, 3.05) is 45.3 Å². The van der Waals surface area contributed by atoms with Crippen LogP contribution < -0.4 is 14.8 Å². The van der Waals surface area contributed by atoms with Crippen LogP contribution in [-0.4, -0.2) is 56.9 Å². The van der Waals surface area contributed by atoms with Crippen molar-refractivity contribution in [2.45, 2.75) is 26.6 Å². The summed E-state index contributed by atoms with van der Waals surface area (Å²) >= 11 is 0. The number of nitrogens with zero attached hydrogens (tertiary/aromatic N) is 1. The second-order valence-electron chi connectivity index (χ2n) is 7.00. The van der Waals surface area contributed by atoms with E-state index in [1.54, 1.807) is 37.4 Å². The summed E-state index contributed by atoms with van der Waals surface area (Å²) in [6, 6.07) is 11.3. The van der Waals surface area contributed by atoms with Gasteiger partial charge in [-0.25, -0.2) is 0 Å². The van der Waals surface area contributed by atoms with Crippen LogP contribution in [0.4, 0.5) is 18.9 Å². The molecule has 0 aliphatic rings. The summed E-state index contributed by atoms with van der Waals surface area (Å²) in [5.41, 5.74) is 1.44. The third-order valence-corrected chi connectivity index (χ3v) is 4.73. The first kappa shape index (κ1) is 25.5. The summed E-state index contributed by atoms with van der Waals surface area (Å²) in [5.74, 6) is 0.729. The van der Waals surface area contributed by atoms with E-state index in [-0.39, 0.29) is 12.5 Å². The van der Waals surface area contributed by atoms with Gasteiger partial charge in [0.25, 0.3) is 5.91 Å². The molecule has 0 fully saturated rings. The first-order chi connectivity index (χ1) is 15.3. The highest BCUT2D eigenvalue weighted by Gasteiger charge is 2.27. The molecule has 1 N–H and O–H groups in total. The van der Waals surface area contributed by atoms with Gasteiger partial charge < -0.3 is 24.4 Å². The highest BCUT2D eigenvalue weighted by molar-refractivity contribution is 6.04. The number of hydrogen-bond acceptors (Lipinski definition) is 5. The zero-order chi connectivity index (χ0) is 23.6. The van der Waals surface area contributed by atoms with Gasteiger partial charge in [0.15, 0.2) is 11.5 Å². The zero-order valence-electron chi connectivity index (χ0n) is 18.5. The first-order valence-electron chi connectivity index (χ1n) is 10.3. The Morgan fingerprint density at radius 3 is 2.31 bits per heavy atom. The summed E-state index contributed by atoms with van der Waals surface area (Å²) in [6.45, 7) is 5.78. The lowest BCUT2D eigenvalue weighted by atomic mass is 10.1. The molecule has 0 aliphatic heterocycles. The molecule has 6 nitrogen and oxygen atoms in total. The van der Waals surface area contributed by atoms with E-state index in [9.17, 15) is 18.0 Å². The zero-order valence-corrected chi connectivity index (χ0v) is 18.5. The maximum atomic E-state index is 12.5. The number of halogens is 3. The molecule has 2 rings (SSSR count). The number of anilines is 1. The Labute approximate surface area is 186 Å². The Morgan fingerprint density at radius 2 is 1.72 bits per heavy atom. The van der Waals surface area contributed by atoms with Crippen LogP contribution in [0, 0.1) is 0 Å². The van der Waals surface area contributed by atoms with Crippen LogP contribution in [0.15, 0.2) is 42.5 Å². The van der Waals surface area contributed by atoms with Crippen LogP contribution in [0.1, 0.15) is 29.8 Å². The normalized spacial score (nSPS) is 11.5. The van der Waals surface area contributed by atoms with Crippen molar-refractivity contribution < 1.29 is 32.2 Å². The van der Waals surface area contributed by atoms with Gasteiger partial charge in [0, 0.05) is 23.9 Å². The highest BCUT2D eigenvalue weighted by atomic mass is 19.4. The van der Waals surface area contributed by atoms with Crippen LogP contribution in [0.5, 0.6) is 11.5 Å². The Kier molecular flexibility index (Phi) is 9.80. The van der Waals surface area contributed by atoms with Gasteiger partial charge in [0.05, 0.1) is 13.7 Å². The van der Waals surface area contributed by atoms with E-state index in [4.69, 9.17) is 9.47 Å². The summed E-state index contributed by atoms with van der Waals surface area (Å²) in [7, 11) is 1.55. The number of nitrogens with one attached hydrogen (secondary N) is 1. The van der Waals surface area contributed by atoms with E-state index >= 15 is 0 Å². The lowest BCUT2D eigenvalue weighted by molar-refractivity contribution is -0.176. The molecular weight excluding hydrogens is 425 g/mol. The number of likely N-dealkylation sites (N-methyl/N-ethyl adjacent to an activating group) is 1. The van der Waals surface area contributed by atoms with E-state index in [1.165, 1.54) is 12.1 Å². The fraction of sp³-hybridized carbons (Fsp3) is 0.435. The number of methoxy groups -OCH3 is 1. The van der Waals surface area contributed by atoms with Crippen molar-refractivity contribution in [3.8, 4) is 11.5 Å². The van der Waals surface area contributed by atoms with Gasteiger partial charge in [0.2, 0.25) is 0 Å². The van der Waals surface area contributed by atoms with Gasteiger partial charge in [-0.15, -0.1) is 0 Å². The minimum atomic E-state index is -4.37. The molecule has 2 aromatic carbocycles. The van der Waals surface area contributed by atoms with E-state index in [0.29, 0.717) is 34.9 Å². The van der Waals surface area contributed by atoms with Gasteiger partial charge in [-0.3, -0.25) is 4.79 Å². The summed E-state index contributed by atoms with van der Waals surface area (Å²) < 4.78 is 52.3. The van der Waals surface area contributed by atoms with Crippen molar-refractivity contribution in [1.82, 2.24) is 4.90 Å². The smallest absolute Gasteiger partial charge is 0.411 e. The molecule has 0 saturated heterocycles. The standard InChI is InChI=1S/C23H29F3N2O4/c1-4-28(5-2)12-13-32-21-14-19(10-11-20(21)30-3)27-22(29)18-8-6-17(7-9-18)15-31-16-23(24,25)26/h6-11,14H,4-5,12-13,15-16H2,1-3H3,(H,27,29). The lowest BCUT2D eigenvalue weighted by Gasteiger charge is -2.19. The van der Waals surface area contributed by atoms with Crippen molar-refractivity contribution in [3.63, 3.8) is 0 Å². The monoisotopic (exact) mass is 454 g/mol. The molecule has 1 amide bonds. The van der Waals surface area contributed by atoms with Crippen molar-refractivity contribution >= 4 is 11.6 Å². The van der Waals surface area contributed by atoms with Crippen molar-refractivity contribution in [1.29, 1.82) is 0 Å². The van der Waals surface area contributed by atoms with E-state index in [0.717, 1.165) is 19.6 Å². The molecule has 0 heterocycles. The van der Waals surface area contributed by atoms with Gasteiger partial charge >= 0.3 is 6.18 Å². The van der Waals surface area contributed by atoms with Crippen molar-refractivity contribution in [2.24, 2.45) is 0 Å². The van der Waals surface area contributed by atoms with E-state index in [2.05, 4.69) is 28.8 Å². The molecule has 0 unspecified atom stereocenters. The number of rotatable bonds is 12. The molecular formula is C23H29F3N2O4. The van der Waals surface area contributed by atoms with Gasteiger partial charge in [-0.05, 0) is 42.9 Å². The van der Waals surface area contributed by atoms with Crippen LogP contribution in [0.2, 0.25) is 0 Å². The Morgan fingerprint density at radius 1 is 1.03 bits per heavy atom. The number of alkyl halides is 3. The number of carbonyl (C=O) groups excluding carboxylic acids is 1. The molecule has 2 aromatic rings. The minimum Gasteiger partial charge on any atom is -0.493 e. The summed E-state index contributed by atoms with van der Waals surface area (Å²) in [5, 5.41) is 2.79. The lowest BCUT2D eigenvalue weighted by Crippen LogP contribution is -2.28. The Balaban J connectivity index is 1.96. The molecule has 176 valence electrons. The van der Waals surface area contributed by atoms with Crippen molar-refractivity contribution in [3.05, 3.63) is 53.6 Å². The first-order valence-corrected chi connectivity index (χ1v) is 10.3. The van der Waals surface area contributed by atoms with Gasteiger partial charge in [-0.2, -0.15) is 13.2 Å². The van der Waals surface area contributed by atoms with Crippen LogP contribution >= 0.6 is 0 Å². The van der Waals surface area contributed by atoms with Crippen LogP contribution in [0.3, 0.4) is 0 Å². The second-order valence-corrected chi connectivity index (χ2v) is 7.00. The highest BCUT2D eigenvalue weighted by Crippen LogP contribution is 2.30. The third-order valence-electron chi connectivity index (χ3n) is 4.73. The summed E-state index contributed by atoms with van der Waals surface area (Å²) in [6.07, 6.45) is -4.37. The Hall–Kier alpha value is -2.78. The maximum absolute atomic E-state index is 12.5. The number of carbonyl (C=O) groups is 1.